The van der Waals surface area contributed by atoms with Crippen LogP contribution in [0.1, 0.15) is 11.1 Å². The molecule has 0 atom stereocenters. The topological polar surface area (TPSA) is 43.4 Å². The van der Waals surface area contributed by atoms with Gasteiger partial charge >= 0.3 is 5.97 Å². The Morgan fingerprint density at radius 1 is 0.870 bits per heavy atom. The predicted octanol–water partition coefficient (Wildman–Crippen LogP) is 4.18. The zero-order valence-electron chi connectivity index (χ0n) is 12.3. The molecule has 0 saturated heterocycles. The summed E-state index contributed by atoms with van der Waals surface area (Å²) in [6.07, 6.45) is 5.95. The summed E-state index contributed by atoms with van der Waals surface area (Å²) in [6, 6.07) is 16.4. The van der Waals surface area contributed by atoms with Crippen LogP contribution in [0.25, 0.3) is 12.2 Å². The molecule has 0 heterocycles. The van der Waals surface area contributed by atoms with Crippen molar-refractivity contribution < 1.29 is 14.3 Å². The van der Waals surface area contributed by atoms with Gasteiger partial charge in [-0.25, -0.2) is 4.79 Å². The third kappa shape index (κ3) is 6.32. The van der Waals surface area contributed by atoms with Crippen LogP contribution in [0, 0.1) is 0 Å². The Labute approximate surface area is 139 Å². The van der Waals surface area contributed by atoms with E-state index in [9.17, 15) is 9.59 Å². The van der Waals surface area contributed by atoms with Gasteiger partial charge in [0.2, 0.25) is 0 Å². The van der Waals surface area contributed by atoms with E-state index in [2.05, 4.69) is 0 Å². The first kappa shape index (κ1) is 16.7. The molecule has 0 unspecified atom stereocenters. The average Bonchev–Trinajstić information content (AvgIpc) is 2.58. The van der Waals surface area contributed by atoms with E-state index in [4.69, 9.17) is 16.3 Å². The number of hydrogen-bond acceptors (Lipinski definition) is 3. The van der Waals surface area contributed by atoms with Crippen molar-refractivity contribution in [2.24, 2.45) is 0 Å². The number of hydrogen-bond donors (Lipinski definition) is 0. The molecule has 0 fully saturated rings. The van der Waals surface area contributed by atoms with Crippen molar-refractivity contribution in [3.8, 4) is 0 Å². The molecule has 3 nitrogen and oxygen atoms in total. The molecule has 0 saturated carbocycles. The van der Waals surface area contributed by atoms with E-state index in [-0.39, 0.29) is 12.4 Å². The maximum absolute atomic E-state index is 11.6. The zero-order chi connectivity index (χ0) is 16.5. The highest BCUT2D eigenvalue weighted by Gasteiger charge is 2.02. The lowest BCUT2D eigenvalue weighted by molar-refractivity contribution is -0.141. The summed E-state index contributed by atoms with van der Waals surface area (Å²) < 4.78 is 4.89. The molecular weight excluding hydrogens is 312 g/mol. The largest absolute Gasteiger partial charge is 0.454 e. The molecule has 0 aliphatic carbocycles. The summed E-state index contributed by atoms with van der Waals surface area (Å²) in [7, 11) is 0. The van der Waals surface area contributed by atoms with E-state index in [1.165, 1.54) is 12.2 Å². The summed E-state index contributed by atoms with van der Waals surface area (Å²) in [5.41, 5.74) is 1.73. The van der Waals surface area contributed by atoms with Crippen LogP contribution in [0.4, 0.5) is 0 Å². The van der Waals surface area contributed by atoms with Crippen LogP contribution >= 0.6 is 11.6 Å². The van der Waals surface area contributed by atoms with E-state index < -0.39 is 5.97 Å². The maximum Gasteiger partial charge on any atom is 0.331 e. The lowest BCUT2D eigenvalue weighted by Gasteiger charge is -1.98. The minimum Gasteiger partial charge on any atom is -0.454 e. The normalized spacial score (nSPS) is 11.0. The van der Waals surface area contributed by atoms with Gasteiger partial charge in [-0.2, -0.15) is 0 Å². The second-order valence-corrected chi connectivity index (χ2v) is 5.14. The van der Waals surface area contributed by atoms with Gasteiger partial charge in [-0.1, -0.05) is 60.1 Å². The number of rotatable bonds is 6. The maximum atomic E-state index is 11.6. The van der Waals surface area contributed by atoms with E-state index in [1.54, 1.807) is 36.4 Å². The van der Waals surface area contributed by atoms with E-state index >= 15 is 0 Å². The third-order valence-electron chi connectivity index (χ3n) is 2.90. The molecule has 0 spiro atoms. The highest BCUT2D eigenvalue weighted by atomic mass is 35.5. The Hall–Kier alpha value is -2.65. The van der Waals surface area contributed by atoms with Crippen LogP contribution in [0.5, 0.6) is 0 Å². The van der Waals surface area contributed by atoms with Gasteiger partial charge in [-0.05, 0) is 35.4 Å². The SMILES string of the molecule is O=C(/C=C/c1ccc(Cl)cc1)COC(=O)/C=C/c1ccccc1. The number of halogens is 1. The molecule has 2 aromatic carbocycles. The van der Waals surface area contributed by atoms with Crippen LogP contribution in [0.15, 0.2) is 66.7 Å². The molecule has 0 radical (unpaired) electrons. The second kappa shape index (κ2) is 8.71. The van der Waals surface area contributed by atoms with Gasteiger partial charge in [-0.3, -0.25) is 4.79 Å². The summed E-state index contributed by atoms with van der Waals surface area (Å²) >= 11 is 5.78. The first-order valence-corrected chi connectivity index (χ1v) is 7.37. The van der Waals surface area contributed by atoms with Gasteiger partial charge in [0.1, 0.15) is 0 Å². The van der Waals surface area contributed by atoms with Crippen molar-refractivity contribution in [2.75, 3.05) is 6.61 Å². The smallest absolute Gasteiger partial charge is 0.331 e. The van der Waals surface area contributed by atoms with Crippen LogP contribution in [0.2, 0.25) is 5.02 Å². The number of carbonyl (C=O) groups is 2. The number of carbonyl (C=O) groups excluding carboxylic acids is 2. The minimum absolute atomic E-state index is 0.290. The number of ketones is 1. The fourth-order valence-electron chi connectivity index (χ4n) is 1.73. The van der Waals surface area contributed by atoms with Crippen LogP contribution in [-0.2, 0) is 14.3 Å². The quantitative estimate of drug-likeness (QED) is 0.591. The number of benzene rings is 2. The molecule has 0 aliphatic heterocycles. The Morgan fingerprint density at radius 3 is 2.17 bits per heavy atom. The highest BCUT2D eigenvalue weighted by molar-refractivity contribution is 6.30. The van der Waals surface area contributed by atoms with E-state index in [0.29, 0.717) is 5.02 Å². The van der Waals surface area contributed by atoms with Crippen molar-refractivity contribution in [1.82, 2.24) is 0 Å². The van der Waals surface area contributed by atoms with Gasteiger partial charge in [-0.15, -0.1) is 0 Å². The molecule has 0 N–H and O–H groups in total. The number of ether oxygens (including phenoxy) is 1. The van der Waals surface area contributed by atoms with Gasteiger partial charge in [0.25, 0.3) is 0 Å². The Bertz CT molecular complexity index is 716. The van der Waals surface area contributed by atoms with Crippen molar-refractivity contribution in [1.29, 1.82) is 0 Å². The van der Waals surface area contributed by atoms with Crippen molar-refractivity contribution >= 4 is 35.5 Å². The van der Waals surface area contributed by atoms with E-state index in [0.717, 1.165) is 11.1 Å². The molecule has 4 heteroatoms. The summed E-state index contributed by atoms with van der Waals surface area (Å²) in [5.74, 6) is -0.844. The fraction of sp³-hybridized carbons (Fsp3) is 0.0526. The first-order valence-electron chi connectivity index (χ1n) is 7.00. The Balaban J connectivity index is 1.78. The van der Waals surface area contributed by atoms with Gasteiger partial charge < -0.3 is 4.74 Å². The monoisotopic (exact) mass is 326 g/mol. The highest BCUT2D eigenvalue weighted by Crippen LogP contribution is 2.10. The molecule has 0 amide bonds. The predicted molar refractivity (Wildman–Crippen MR) is 91.9 cm³/mol. The molecule has 0 aromatic heterocycles. The van der Waals surface area contributed by atoms with Crippen molar-refractivity contribution in [3.63, 3.8) is 0 Å². The molecule has 116 valence electrons. The zero-order valence-corrected chi connectivity index (χ0v) is 13.1. The van der Waals surface area contributed by atoms with Crippen LogP contribution < -0.4 is 0 Å². The summed E-state index contributed by atoms with van der Waals surface area (Å²) in [6.45, 7) is -0.290. The second-order valence-electron chi connectivity index (χ2n) is 4.70. The average molecular weight is 327 g/mol. The Morgan fingerprint density at radius 2 is 1.48 bits per heavy atom. The molecule has 23 heavy (non-hydrogen) atoms. The van der Waals surface area contributed by atoms with Crippen molar-refractivity contribution in [3.05, 3.63) is 82.9 Å². The molecule has 2 rings (SSSR count). The summed E-state index contributed by atoms with van der Waals surface area (Å²) in [4.78, 5) is 23.2. The number of esters is 1. The summed E-state index contributed by atoms with van der Waals surface area (Å²) in [5, 5.41) is 0.632. The standard InChI is InChI=1S/C19H15ClO3/c20-17-10-6-16(7-11-17)8-12-18(21)14-23-19(22)13-9-15-4-2-1-3-5-15/h1-13H,14H2/b12-8+,13-9+. The van der Waals surface area contributed by atoms with E-state index in [1.807, 2.05) is 30.3 Å². The minimum atomic E-state index is -0.554. The molecular formula is C19H15ClO3. The molecule has 0 aliphatic rings. The lowest BCUT2D eigenvalue weighted by atomic mass is 10.2. The third-order valence-corrected chi connectivity index (χ3v) is 3.15. The van der Waals surface area contributed by atoms with Gasteiger partial charge in [0.05, 0.1) is 0 Å². The fourth-order valence-corrected chi connectivity index (χ4v) is 1.86. The van der Waals surface area contributed by atoms with Crippen molar-refractivity contribution in [2.45, 2.75) is 0 Å². The van der Waals surface area contributed by atoms with Crippen LogP contribution in [0.3, 0.4) is 0 Å². The van der Waals surface area contributed by atoms with Gasteiger partial charge in [0.15, 0.2) is 12.4 Å². The lowest BCUT2D eigenvalue weighted by Crippen LogP contribution is -2.09. The van der Waals surface area contributed by atoms with Gasteiger partial charge in [0, 0.05) is 11.1 Å². The first-order chi connectivity index (χ1) is 11.1. The molecule has 0 bridgehead atoms. The molecule has 2 aromatic rings. The Kier molecular flexibility index (Phi) is 6.33. The van der Waals surface area contributed by atoms with Crippen LogP contribution in [-0.4, -0.2) is 18.4 Å².